The van der Waals surface area contributed by atoms with Gasteiger partial charge in [-0.2, -0.15) is 18.4 Å². The lowest BCUT2D eigenvalue weighted by Crippen LogP contribution is -2.33. The average Bonchev–Trinajstić information content (AvgIpc) is 2.44. The number of nitriles is 1. The van der Waals surface area contributed by atoms with Crippen LogP contribution in [0.2, 0.25) is 0 Å². The number of alkyl halides is 3. The monoisotopic (exact) mass is 331 g/mol. The zero-order chi connectivity index (χ0) is 16.6. The largest absolute Gasteiger partial charge is 0.405 e. The van der Waals surface area contributed by atoms with Gasteiger partial charge in [-0.1, -0.05) is 6.07 Å². The number of anilines is 1. The van der Waals surface area contributed by atoms with Gasteiger partial charge in [0.05, 0.1) is 17.6 Å². The normalized spacial score (nSPS) is 10.6. The average molecular weight is 331 g/mol. The molecule has 118 valence electrons. The van der Waals surface area contributed by atoms with Crippen molar-refractivity contribution >= 4 is 29.3 Å². The third kappa shape index (κ3) is 6.99. The maximum atomic E-state index is 12.0. The minimum absolute atomic E-state index is 0.00623. The fourth-order valence-corrected chi connectivity index (χ4v) is 1.86. The SMILES string of the molecule is N#CCSCC(=O)Nc1cccc(C(=O)NCC(F)(F)F)c1. The van der Waals surface area contributed by atoms with Crippen LogP contribution in [0.25, 0.3) is 0 Å². The van der Waals surface area contributed by atoms with Gasteiger partial charge < -0.3 is 10.6 Å². The summed E-state index contributed by atoms with van der Waals surface area (Å²) in [7, 11) is 0. The molecule has 0 radical (unpaired) electrons. The molecule has 0 spiro atoms. The Balaban J connectivity index is 2.60. The van der Waals surface area contributed by atoms with Crippen molar-refractivity contribution in [3.8, 4) is 6.07 Å². The zero-order valence-electron chi connectivity index (χ0n) is 11.2. The summed E-state index contributed by atoms with van der Waals surface area (Å²) in [5.41, 5.74) is 0.300. The van der Waals surface area contributed by atoms with E-state index < -0.39 is 18.6 Å². The van der Waals surface area contributed by atoms with E-state index in [1.165, 1.54) is 24.3 Å². The van der Waals surface area contributed by atoms with Gasteiger partial charge in [0, 0.05) is 11.3 Å². The van der Waals surface area contributed by atoms with Gasteiger partial charge in [-0.3, -0.25) is 9.59 Å². The predicted molar refractivity (Wildman–Crippen MR) is 76.4 cm³/mol. The topological polar surface area (TPSA) is 82.0 Å². The molecule has 0 aromatic heterocycles. The molecule has 1 aromatic carbocycles. The summed E-state index contributed by atoms with van der Waals surface area (Å²) < 4.78 is 36.1. The third-order valence-electron chi connectivity index (χ3n) is 2.26. The van der Waals surface area contributed by atoms with Crippen LogP contribution in [-0.4, -0.2) is 36.0 Å². The number of carbonyl (C=O) groups is 2. The lowest BCUT2D eigenvalue weighted by molar-refractivity contribution is -0.123. The molecule has 0 aliphatic carbocycles. The number of amides is 2. The molecule has 5 nitrogen and oxygen atoms in total. The van der Waals surface area contributed by atoms with Crippen LogP contribution in [0.4, 0.5) is 18.9 Å². The van der Waals surface area contributed by atoms with Gasteiger partial charge in [0.1, 0.15) is 6.54 Å². The summed E-state index contributed by atoms with van der Waals surface area (Å²) in [6.07, 6.45) is -4.49. The van der Waals surface area contributed by atoms with Crippen molar-refractivity contribution in [3.05, 3.63) is 29.8 Å². The maximum absolute atomic E-state index is 12.0. The highest BCUT2D eigenvalue weighted by molar-refractivity contribution is 8.00. The minimum atomic E-state index is -4.49. The van der Waals surface area contributed by atoms with Gasteiger partial charge in [-0.25, -0.2) is 0 Å². The van der Waals surface area contributed by atoms with Crippen LogP contribution >= 0.6 is 11.8 Å². The molecule has 22 heavy (non-hydrogen) atoms. The van der Waals surface area contributed by atoms with E-state index in [1.54, 1.807) is 5.32 Å². The second kappa shape index (κ2) is 8.29. The Hall–Kier alpha value is -2.21. The van der Waals surface area contributed by atoms with Crippen LogP contribution in [0, 0.1) is 11.3 Å². The molecule has 9 heteroatoms. The van der Waals surface area contributed by atoms with Gasteiger partial charge in [-0.05, 0) is 18.2 Å². The lowest BCUT2D eigenvalue weighted by atomic mass is 10.2. The smallest absolute Gasteiger partial charge is 0.343 e. The zero-order valence-corrected chi connectivity index (χ0v) is 12.1. The summed E-state index contributed by atoms with van der Waals surface area (Å²) in [4.78, 5) is 23.1. The maximum Gasteiger partial charge on any atom is 0.405 e. The van der Waals surface area contributed by atoms with Gasteiger partial charge in [0.2, 0.25) is 5.91 Å². The fraction of sp³-hybridized carbons (Fsp3) is 0.308. The van der Waals surface area contributed by atoms with Crippen molar-refractivity contribution in [1.82, 2.24) is 5.32 Å². The van der Waals surface area contributed by atoms with Crippen LogP contribution < -0.4 is 10.6 Å². The van der Waals surface area contributed by atoms with E-state index >= 15 is 0 Å². The first-order valence-electron chi connectivity index (χ1n) is 6.01. The van der Waals surface area contributed by atoms with Crippen molar-refractivity contribution in [2.75, 3.05) is 23.4 Å². The molecule has 1 aromatic rings. The number of nitrogens with zero attached hydrogens (tertiary/aromatic N) is 1. The van der Waals surface area contributed by atoms with E-state index in [0.717, 1.165) is 11.8 Å². The number of carbonyl (C=O) groups excluding carboxylic acids is 2. The number of hydrogen-bond donors (Lipinski definition) is 2. The highest BCUT2D eigenvalue weighted by Gasteiger charge is 2.27. The van der Waals surface area contributed by atoms with E-state index in [9.17, 15) is 22.8 Å². The molecule has 0 fully saturated rings. The number of rotatable bonds is 6. The molecule has 2 N–H and O–H groups in total. The van der Waals surface area contributed by atoms with Crippen LogP contribution in [0.3, 0.4) is 0 Å². The molecule has 0 saturated heterocycles. The summed E-state index contributed by atoms with van der Waals surface area (Å²) in [5, 5.41) is 12.6. The standard InChI is InChI=1S/C13H12F3N3O2S/c14-13(15,16)8-18-12(21)9-2-1-3-10(6-9)19-11(20)7-22-5-4-17/h1-3,6H,5,7-8H2,(H,18,21)(H,19,20). The van der Waals surface area contributed by atoms with E-state index in [2.05, 4.69) is 5.32 Å². The molecule has 0 heterocycles. The molecule has 0 aliphatic heterocycles. The van der Waals surface area contributed by atoms with Gasteiger partial charge in [-0.15, -0.1) is 11.8 Å². The first-order valence-corrected chi connectivity index (χ1v) is 7.17. The minimum Gasteiger partial charge on any atom is -0.343 e. The highest BCUT2D eigenvalue weighted by atomic mass is 32.2. The molecule has 2 amide bonds. The molecular weight excluding hydrogens is 319 g/mol. The summed E-state index contributed by atoms with van der Waals surface area (Å²) in [6, 6.07) is 7.44. The van der Waals surface area contributed by atoms with Gasteiger partial charge >= 0.3 is 6.18 Å². The number of hydrogen-bond acceptors (Lipinski definition) is 4. The van der Waals surface area contributed by atoms with Crippen LogP contribution in [0.5, 0.6) is 0 Å². The van der Waals surface area contributed by atoms with Crippen molar-refractivity contribution < 1.29 is 22.8 Å². The second-order valence-corrected chi connectivity index (χ2v) is 5.06. The Labute approximate surface area is 128 Å². The van der Waals surface area contributed by atoms with Crippen molar-refractivity contribution in [2.45, 2.75) is 6.18 Å². The fourth-order valence-electron chi connectivity index (χ4n) is 1.41. The number of nitrogens with one attached hydrogen (secondary N) is 2. The summed E-state index contributed by atoms with van der Waals surface area (Å²) in [6.45, 7) is -1.42. The third-order valence-corrected chi connectivity index (χ3v) is 3.06. The number of halogens is 3. The Morgan fingerprint density at radius 2 is 2.05 bits per heavy atom. The molecular formula is C13H12F3N3O2S. The van der Waals surface area contributed by atoms with Crippen LogP contribution in [0.15, 0.2) is 24.3 Å². The first-order chi connectivity index (χ1) is 10.3. The van der Waals surface area contributed by atoms with Gasteiger partial charge in [0.25, 0.3) is 5.91 Å². The van der Waals surface area contributed by atoms with E-state index in [4.69, 9.17) is 5.26 Å². The second-order valence-electron chi connectivity index (χ2n) is 4.08. The van der Waals surface area contributed by atoms with Crippen molar-refractivity contribution in [2.24, 2.45) is 0 Å². The Kier molecular flexibility index (Phi) is 6.72. The summed E-state index contributed by atoms with van der Waals surface area (Å²) >= 11 is 1.12. The molecule has 0 unspecified atom stereocenters. The van der Waals surface area contributed by atoms with E-state index in [1.807, 2.05) is 6.07 Å². The van der Waals surface area contributed by atoms with Crippen LogP contribution in [-0.2, 0) is 4.79 Å². The van der Waals surface area contributed by atoms with E-state index in [0.29, 0.717) is 5.69 Å². The molecule has 0 atom stereocenters. The van der Waals surface area contributed by atoms with Crippen molar-refractivity contribution in [3.63, 3.8) is 0 Å². The molecule has 1 rings (SSSR count). The Morgan fingerprint density at radius 1 is 1.32 bits per heavy atom. The number of benzene rings is 1. The molecule has 0 bridgehead atoms. The highest BCUT2D eigenvalue weighted by Crippen LogP contribution is 2.14. The van der Waals surface area contributed by atoms with Crippen molar-refractivity contribution in [1.29, 1.82) is 5.26 Å². The molecule has 0 saturated carbocycles. The molecule has 0 aliphatic rings. The summed E-state index contributed by atoms with van der Waals surface area (Å²) in [5.74, 6) is -1.01. The van der Waals surface area contributed by atoms with Gasteiger partial charge in [0.15, 0.2) is 0 Å². The quantitative estimate of drug-likeness (QED) is 0.783. The Morgan fingerprint density at radius 3 is 2.68 bits per heavy atom. The Bertz CT molecular complexity index is 585. The lowest BCUT2D eigenvalue weighted by Gasteiger charge is -2.09. The van der Waals surface area contributed by atoms with E-state index in [-0.39, 0.29) is 23.0 Å². The predicted octanol–water partition coefficient (Wildman–Crippen LogP) is 2.17. The first kappa shape index (κ1) is 17.8. The van der Waals surface area contributed by atoms with Crippen LogP contribution in [0.1, 0.15) is 10.4 Å². The number of thioether (sulfide) groups is 1.